The fourth-order valence-electron chi connectivity index (χ4n) is 2.93. The van der Waals surface area contributed by atoms with Gasteiger partial charge >= 0.3 is 0 Å². The largest absolute Gasteiger partial charge is 0.354 e. The molecule has 2 amide bonds. The maximum Gasteiger partial charge on any atom is 0.242 e. The number of amides is 2. The van der Waals surface area contributed by atoms with Crippen LogP contribution in [0.5, 0.6) is 0 Å². The van der Waals surface area contributed by atoms with Crippen molar-refractivity contribution in [2.24, 2.45) is 0 Å². The third-order valence-electron chi connectivity index (χ3n) is 4.40. The van der Waals surface area contributed by atoms with Gasteiger partial charge in [-0.3, -0.25) is 9.59 Å². The van der Waals surface area contributed by atoms with Crippen molar-refractivity contribution in [3.8, 4) is 0 Å². The molecule has 1 aromatic carbocycles. The molecule has 2 aliphatic rings. The molecular formula is C16H19ClN2O2. The summed E-state index contributed by atoms with van der Waals surface area (Å²) in [6.45, 7) is 0.699. The molecule has 3 rings (SSSR count). The van der Waals surface area contributed by atoms with E-state index in [4.69, 9.17) is 11.6 Å². The summed E-state index contributed by atoms with van der Waals surface area (Å²) in [5.41, 5.74) is 0.457. The molecule has 2 fully saturated rings. The van der Waals surface area contributed by atoms with E-state index in [2.05, 4.69) is 10.6 Å². The van der Waals surface area contributed by atoms with Crippen LogP contribution < -0.4 is 10.6 Å². The second kappa shape index (κ2) is 5.68. The standard InChI is InChI=1S/C16H19ClN2O2/c17-12-5-3-4-11(10-12)16(7-8-16)15(21)19-13-6-1-2-9-18-14(13)20/h3-5,10,13H,1-2,6-9H2,(H,18,20)(H,19,21)/t13-/m0/s1. The molecular weight excluding hydrogens is 288 g/mol. The zero-order valence-corrected chi connectivity index (χ0v) is 12.6. The quantitative estimate of drug-likeness (QED) is 0.899. The minimum Gasteiger partial charge on any atom is -0.354 e. The van der Waals surface area contributed by atoms with Crippen molar-refractivity contribution in [2.75, 3.05) is 6.54 Å². The van der Waals surface area contributed by atoms with Gasteiger partial charge in [-0.1, -0.05) is 23.7 Å². The fraction of sp³-hybridized carbons (Fsp3) is 0.500. The molecule has 1 atom stereocenters. The van der Waals surface area contributed by atoms with E-state index in [0.29, 0.717) is 18.0 Å². The lowest BCUT2D eigenvalue weighted by Gasteiger charge is -2.21. The van der Waals surface area contributed by atoms with Crippen LogP contribution in [0.3, 0.4) is 0 Å². The highest BCUT2D eigenvalue weighted by Gasteiger charge is 2.52. The van der Waals surface area contributed by atoms with Crippen LogP contribution >= 0.6 is 11.6 Å². The number of hydrogen-bond acceptors (Lipinski definition) is 2. The summed E-state index contributed by atoms with van der Waals surface area (Å²) >= 11 is 6.02. The molecule has 5 heteroatoms. The van der Waals surface area contributed by atoms with Crippen LogP contribution in [0.2, 0.25) is 5.02 Å². The lowest BCUT2D eigenvalue weighted by Crippen LogP contribution is -2.48. The minimum atomic E-state index is -0.489. The maximum atomic E-state index is 12.6. The Bertz CT molecular complexity index is 569. The Morgan fingerprint density at radius 2 is 2.14 bits per heavy atom. The summed E-state index contributed by atoms with van der Waals surface area (Å²) in [6, 6.07) is 7.05. The number of carbonyl (C=O) groups is 2. The summed E-state index contributed by atoms with van der Waals surface area (Å²) < 4.78 is 0. The topological polar surface area (TPSA) is 58.2 Å². The first-order valence-electron chi connectivity index (χ1n) is 7.46. The predicted octanol–water partition coefficient (Wildman–Crippen LogP) is 2.16. The molecule has 0 bridgehead atoms. The molecule has 1 aliphatic carbocycles. The van der Waals surface area contributed by atoms with E-state index in [9.17, 15) is 9.59 Å². The summed E-state index contributed by atoms with van der Waals surface area (Å²) in [5.74, 6) is -0.116. The van der Waals surface area contributed by atoms with E-state index in [-0.39, 0.29) is 11.8 Å². The van der Waals surface area contributed by atoms with E-state index in [0.717, 1.165) is 31.2 Å². The Morgan fingerprint density at radius 3 is 2.86 bits per heavy atom. The zero-order chi connectivity index (χ0) is 14.9. The first-order valence-corrected chi connectivity index (χ1v) is 7.84. The van der Waals surface area contributed by atoms with Gasteiger partial charge in [-0.25, -0.2) is 0 Å². The van der Waals surface area contributed by atoms with Gasteiger partial charge in [0.1, 0.15) is 6.04 Å². The molecule has 1 aliphatic heterocycles. The number of nitrogens with one attached hydrogen (secondary N) is 2. The predicted molar refractivity (Wildman–Crippen MR) is 81.2 cm³/mol. The highest BCUT2D eigenvalue weighted by molar-refractivity contribution is 6.30. The Balaban J connectivity index is 1.74. The van der Waals surface area contributed by atoms with Gasteiger partial charge in [-0.05, 0) is 49.8 Å². The SMILES string of the molecule is O=C1NCCCC[C@@H]1NC(=O)C1(c2cccc(Cl)c2)CC1. The van der Waals surface area contributed by atoms with E-state index in [1.807, 2.05) is 18.2 Å². The number of benzene rings is 1. The third kappa shape index (κ3) is 2.91. The van der Waals surface area contributed by atoms with Crippen molar-refractivity contribution >= 4 is 23.4 Å². The van der Waals surface area contributed by atoms with Crippen molar-refractivity contribution in [3.63, 3.8) is 0 Å². The van der Waals surface area contributed by atoms with Crippen LogP contribution in [-0.4, -0.2) is 24.4 Å². The normalized spacial score (nSPS) is 23.9. The second-order valence-electron chi connectivity index (χ2n) is 5.91. The molecule has 2 N–H and O–H groups in total. The number of carbonyl (C=O) groups excluding carboxylic acids is 2. The van der Waals surface area contributed by atoms with Crippen LogP contribution in [0.1, 0.15) is 37.7 Å². The van der Waals surface area contributed by atoms with E-state index in [1.165, 1.54) is 0 Å². The highest BCUT2D eigenvalue weighted by atomic mass is 35.5. The van der Waals surface area contributed by atoms with E-state index in [1.54, 1.807) is 6.07 Å². The van der Waals surface area contributed by atoms with Crippen molar-refractivity contribution in [3.05, 3.63) is 34.9 Å². The molecule has 0 unspecified atom stereocenters. The smallest absolute Gasteiger partial charge is 0.242 e. The summed E-state index contributed by atoms with van der Waals surface area (Å²) in [5, 5.41) is 6.42. The van der Waals surface area contributed by atoms with Crippen molar-refractivity contribution in [1.29, 1.82) is 0 Å². The van der Waals surface area contributed by atoms with Crippen LogP contribution in [-0.2, 0) is 15.0 Å². The molecule has 1 aromatic rings. The Hall–Kier alpha value is -1.55. The Labute approximate surface area is 129 Å². The minimum absolute atomic E-state index is 0.0492. The molecule has 112 valence electrons. The molecule has 0 radical (unpaired) electrons. The average Bonchev–Trinajstić information content (AvgIpc) is 3.27. The molecule has 4 nitrogen and oxygen atoms in total. The lowest BCUT2D eigenvalue weighted by atomic mass is 9.94. The number of hydrogen-bond donors (Lipinski definition) is 2. The van der Waals surface area contributed by atoms with Crippen LogP contribution in [0.4, 0.5) is 0 Å². The number of rotatable bonds is 3. The fourth-order valence-corrected chi connectivity index (χ4v) is 3.12. The summed E-state index contributed by atoms with van der Waals surface area (Å²) in [7, 11) is 0. The monoisotopic (exact) mass is 306 g/mol. The van der Waals surface area contributed by atoms with E-state index < -0.39 is 11.5 Å². The molecule has 21 heavy (non-hydrogen) atoms. The second-order valence-corrected chi connectivity index (χ2v) is 6.34. The van der Waals surface area contributed by atoms with Crippen LogP contribution in [0.25, 0.3) is 0 Å². The van der Waals surface area contributed by atoms with Crippen LogP contribution in [0, 0.1) is 0 Å². The Morgan fingerprint density at radius 1 is 1.33 bits per heavy atom. The van der Waals surface area contributed by atoms with Gasteiger partial charge in [-0.2, -0.15) is 0 Å². The summed E-state index contributed by atoms with van der Waals surface area (Å²) in [6.07, 6.45) is 4.26. The van der Waals surface area contributed by atoms with Crippen molar-refractivity contribution in [2.45, 2.75) is 43.6 Å². The highest BCUT2D eigenvalue weighted by Crippen LogP contribution is 2.49. The molecule has 1 heterocycles. The van der Waals surface area contributed by atoms with Gasteiger partial charge in [0.25, 0.3) is 0 Å². The maximum absolute atomic E-state index is 12.6. The van der Waals surface area contributed by atoms with Gasteiger partial charge in [0.15, 0.2) is 0 Å². The number of halogens is 1. The first kappa shape index (κ1) is 14.4. The van der Waals surface area contributed by atoms with Gasteiger partial charge in [0, 0.05) is 11.6 Å². The van der Waals surface area contributed by atoms with Gasteiger partial charge in [0.2, 0.25) is 11.8 Å². The molecule has 0 aromatic heterocycles. The molecule has 1 saturated heterocycles. The Kier molecular flexibility index (Phi) is 3.89. The van der Waals surface area contributed by atoms with Gasteiger partial charge in [-0.15, -0.1) is 0 Å². The zero-order valence-electron chi connectivity index (χ0n) is 11.8. The lowest BCUT2D eigenvalue weighted by molar-refractivity contribution is -0.130. The van der Waals surface area contributed by atoms with Gasteiger partial charge in [0.05, 0.1) is 5.41 Å². The summed E-state index contributed by atoms with van der Waals surface area (Å²) in [4.78, 5) is 24.6. The third-order valence-corrected chi connectivity index (χ3v) is 4.64. The molecule has 1 saturated carbocycles. The van der Waals surface area contributed by atoms with Crippen molar-refractivity contribution in [1.82, 2.24) is 10.6 Å². The molecule has 0 spiro atoms. The van der Waals surface area contributed by atoms with E-state index >= 15 is 0 Å². The first-order chi connectivity index (χ1) is 10.1. The van der Waals surface area contributed by atoms with Gasteiger partial charge < -0.3 is 10.6 Å². The van der Waals surface area contributed by atoms with Crippen molar-refractivity contribution < 1.29 is 9.59 Å². The average molecular weight is 307 g/mol. The van der Waals surface area contributed by atoms with Crippen LogP contribution in [0.15, 0.2) is 24.3 Å².